The van der Waals surface area contributed by atoms with E-state index in [2.05, 4.69) is 17.6 Å². The van der Waals surface area contributed by atoms with Crippen molar-refractivity contribution in [2.75, 3.05) is 26.3 Å². The largest absolute Gasteiger partial charge is 0.444 e. The Kier molecular flexibility index (Phi) is 6.07. The zero-order valence-corrected chi connectivity index (χ0v) is 12.7. The van der Waals surface area contributed by atoms with Gasteiger partial charge in [-0.05, 0) is 53.5 Å². The van der Waals surface area contributed by atoms with Crippen LogP contribution in [0.1, 0.15) is 47.0 Å². The fourth-order valence-electron chi connectivity index (χ4n) is 1.98. The lowest BCUT2D eigenvalue weighted by Crippen LogP contribution is -2.47. The third-order valence-corrected chi connectivity index (χ3v) is 3.17. The minimum absolute atomic E-state index is 0.185. The van der Waals surface area contributed by atoms with E-state index in [0.29, 0.717) is 6.54 Å². The van der Waals surface area contributed by atoms with Crippen LogP contribution in [0.15, 0.2) is 0 Å². The monoisotopic (exact) mass is 272 g/mol. The molecule has 1 aliphatic heterocycles. The Morgan fingerprint density at radius 2 is 1.89 bits per heavy atom. The average Bonchev–Trinajstić information content (AvgIpc) is 2.27. The summed E-state index contributed by atoms with van der Waals surface area (Å²) >= 11 is 0. The zero-order valence-electron chi connectivity index (χ0n) is 12.7. The molecule has 1 fully saturated rings. The Morgan fingerprint density at radius 1 is 1.26 bits per heavy atom. The Bertz CT molecular complexity index is 281. The Labute approximate surface area is 116 Å². The van der Waals surface area contributed by atoms with Crippen LogP contribution in [-0.4, -0.2) is 43.5 Å². The van der Waals surface area contributed by atoms with E-state index in [9.17, 15) is 4.79 Å². The standard InChI is InChI=1S/C14H28N2O3/c1-13(2,3)19-12(17)15-8-5-9-16-14(4)6-10-18-11-7-14/h16H,5-11H2,1-4H3,(H,15,17). The molecule has 5 heteroatoms. The van der Waals surface area contributed by atoms with Gasteiger partial charge in [-0.3, -0.25) is 0 Å². The molecule has 1 amide bonds. The van der Waals surface area contributed by atoms with E-state index < -0.39 is 5.60 Å². The molecule has 1 heterocycles. The van der Waals surface area contributed by atoms with Gasteiger partial charge in [0.1, 0.15) is 5.60 Å². The molecule has 0 saturated carbocycles. The fourth-order valence-corrected chi connectivity index (χ4v) is 1.98. The van der Waals surface area contributed by atoms with Crippen molar-refractivity contribution in [2.24, 2.45) is 0 Å². The molecule has 0 spiro atoms. The van der Waals surface area contributed by atoms with Crippen molar-refractivity contribution < 1.29 is 14.3 Å². The summed E-state index contributed by atoms with van der Waals surface area (Å²) in [5.74, 6) is 0. The number of hydrogen-bond acceptors (Lipinski definition) is 4. The van der Waals surface area contributed by atoms with Gasteiger partial charge in [0.25, 0.3) is 0 Å². The molecule has 0 aliphatic carbocycles. The number of alkyl carbamates (subject to hydrolysis) is 1. The highest BCUT2D eigenvalue weighted by molar-refractivity contribution is 5.67. The first-order valence-electron chi connectivity index (χ1n) is 7.10. The van der Waals surface area contributed by atoms with E-state index in [0.717, 1.165) is 39.0 Å². The van der Waals surface area contributed by atoms with E-state index in [-0.39, 0.29) is 11.6 Å². The van der Waals surface area contributed by atoms with Crippen LogP contribution in [0.4, 0.5) is 4.79 Å². The van der Waals surface area contributed by atoms with Gasteiger partial charge in [-0.25, -0.2) is 4.79 Å². The molecule has 5 nitrogen and oxygen atoms in total. The van der Waals surface area contributed by atoms with Crippen molar-refractivity contribution in [3.8, 4) is 0 Å². The van der Waals surface area contributed by atoms with E-state index in [1.54, 1.807) is 0 Å². The summed E-state index contributed by atoms with van der Waals surface area (Å²) in [5, 5.41) is 6.31. The molecule has 0 aromatic rings. The summed E-state index contributed by atoms with van der Waals surface area (Å²) in [6.45, 7) is 11.0. The quantitative estimate of drug-likeness (QED) is 0.752. The van der Waals surface area contributed by atoms with Crippen LogP contribution in [0.25, 0.3) is 0 Å². The molecule has 112 valence electrons. The molecule has 0 aromatic heterocycles. The van der Waals surface area contributed by atoms with Crippen molar-refractivity contribution in [1.29, 1.82) is 0 Å². The molecule has 0 radical (unpaired) electrons. The van der Waals surface area contributed by atoms with Gasteiger partial charge >= 0.3 is 6.09 Å². The van der Waals surface area contributed by atoms with Crippen molar-refractivity contribution in [1.82, 2.24) is 10.6 Å². The highest BCUT2D eigenvalue weighted by Gasteiger charge is 2.26. The SMILES string of the molecule is CC1(NCCCNC(=O)OC(C)(C)C)CCOCC1. The number of carbonyl (C=O) groups is 1. The smallest absolute Gasteiger partial charge is 0.407 e. The second kappa shape index (κ2) is 7.10. The van der Waals surface area contributed by atoms with E-state index in [4.69, 9.17) is 9.47 Å². The number of rotatable bonds is 5. The average molecular weight is 272 g/mol. The second-order valence-corrected chi connectivity index (χ2v) is 6.38. The molecule has 1 saturated heterocycles. The van der Waals surface area contributed by atoms with E-state index in [1.807, 2.05) is 20.8 Å². The van der Waals surface area contributed by atoms with Crippen LogP contribution in [0.3, 0.4) is 0 Å². The van der Waals surface area contributed by atoms with Gasteiger partial charge in [0.05, 0.1) is 0 Å². The van der Waals surface area contributed by atoms with Gasteiger partial charge in [0, 0.05) is 25.3 Å². The number of hydrogen-bond donors (Lipinski definition) is 2. The molecule has 0 aromatic carbocycles. The van der Waals surface area contributed by atoms with Gasteiger partial charge in [0.15, 0.2) is 0 Å². The predicted octanol–water partition coefficient (Wildman–Crippen LogP) is 2.06. The van der Waals surface area contributed by atoms with Gasteiger partial charge in [-0.2, -0.15) is 0 Å². The number of nitrogens with one attached hydrogen (secondary N) is 2. The zero-order chi connectivity index (χ0) is 14.4. The highest BCUT2D eigenvalue weighted by atomic mass is 16.6. The number of ether oxygens (including phenoxy) is 2. The Hall–Kier alpha value is -0.810. The molecule has 1 rings (SSSR count). The highest BCUT2D eigenvalue weighted by Crippen LogP contribution is 2.19. The minimum Gasteiger partial charge on any atom is -0.444 e. The lowest BCUT2D eigenvalue weighted by molar-refractivity contribution is 0.0451. The molecule has 2 N–H and O–H groups in total. The summed E-state index contributed by atoms with van der Waals surface area (Å²) < 4.78 is 10.5. The van der Waals surface area contributed by atoms with Gasteiger partial charge in [-0.1, -0.05) is 0 Å². The third-order valence-electron chi connectivity index (χ3n) is 3.17. The third kappa shape index (κ3) is 7.38. The minimum atomic E-state index is -0.433. The maximum absolute atomic E-state index is 11.4. The fraction of sp³-hybridized carbons (Fsp3) is 0.929. The Balaban J connectivity index is 2.06. The van der Waals surface area contributed by atoms with Crippen LogP contribution in [-0.2, 0) is 9.47 Å². The first-order valence-corrected chi connectivity index (χ1v) is 7.10. The molecular weight excluding hydrogens is 244 g/mol. The van der Waals surface area contributed by atoms with Crippen LogP contribution < -0.4 is 10.6 Å². The van der Waals surface area contributed by atoms with Crippen molar-refractivity contribution in [3.63, 3.8) is 0 Å². The summed E-state index contributed by atoms with van der Waals surface area (Å²) in [4.78, 5) is 11.4. The maximum atomic E-state index is 11.4. The predicted molar refractivity (Wildman–Crippen MR) is 75.3 cm³/mol. The summed E-state index contributed by atoms with van der Waals surface area (Å²) in [7, 11) is 0. The van der Waals surface area contributed by atoms with Crippen molar-refractivity contribution in [2.45, 2.75) is 58.1 Å². The summed E-state index contributed by atoms with van der Waals surface area (Å²) in [6.07, 6.45) is 2.65. The first kappa shape index (κ1) is 16.2. The topological polar surface area (TPSA) is 59.6 Å². The van der Waals surface area contributed by atoms with Gasteiger partial charge < -0.3 is 20.1 Å². The molecule has 0 bridgehead atoms. The van der Waals surface area contributed by atoms with Crippen LogP contribution in [0.2, 0.25) is 0 Å². The molecule has 1 aliphatic rings. The molecule has 0 unspecified atom stereocenters. The van der Waals surface area contributed by atoms with E-state index >= 15 is 0 Å². The Morgan fingerprint density at radius 3 is 2.47 bits per heavy atom. The normalized spacial score (nSPS) is 18.9. The molecule has 19 heavy (non-hydrogen) atoms. The van der Waals surface area contributed by atoms with Crippen LogP contribution >= 0.6 is 0 Å². The number of carbonyl (C=O) groups excluding carboxylic acids is 1. The van der Waals surface area contributed by atoms with Crippen molar-refractivity contribution in [3.05, 3.63) is 0 Å². The number of amides is 1. The van der Waals surface area contributed by atoms with Gasteiger partial charge in [-0.15, -0.1) is 0 Å². The van der Waals surface area contributed by atoms with Crippen LogP contribution in [0, 0.1) is 0 Å². The second-order valence-electron chi connectivity index (χ2n) is 6.38. The summed E-state index contributed by atoms with van der Waals surface area (Å²) in [6, 6.07) is 0. The summed E-state index contributed by atoms with van der Waals surface area (Å²) in [5.41, 5.74) is -0.248. The lowest BCUT2D eigenvalue weighted by Gasteiger charge is -2.34. The van der Waals surface area contributed by atoms with E-state index in [1.165, 1.54) is 0 Å². The maximum Gasteiger partial charge on any atom is 0.407 e. The van der Waals surface area contributed by atoms with Gasteiger partial charge in [0.2, 0.25) is 0 Å². The molecule has 0 atom stereocenters. The van der Waals surface area contributed by atoms with Crippen molar-refractivity contribution >= 4 is 6.09 Å². The lowest BCUT2D eigenvalue weighted by atomic mass is 9.92. The first-order chi connectivity index (χ1) is 8.81. The molecular formula is C14H28N2O3. The van der Waals surface area contributed by atoms with Crippen LogP contribution in [0.5, 0.6) is 0 Å².